The number of halogens is 2. The Bertz CT molecular complexity index is 456. The van der Waals surface area contributed by atoms with E-state index in [9.17, 15) is 9.18 Å². The molecule has 20 heavy (non-hydrogen) atoms. The Kier molecular flexibility index (Phi) is 7.50. The van der Waals surface area contributed by atoms with Gasteiger partial charge in [-0.3, -0.25) is 0 Å². The highest BCUT2D eigenvalue weighted by Gasteiger charge is 2.14. The van der Waals surface area contributed by atoms with Gasteiger partial charge in [-0.1, -0.05) is 0 Å². The van der Waals surface area contributed by atoms with E-state index in [4.69, 9.17) is 19.9 Å². The number of hydrogen-bond acceptors (Lipinski definition) is 5. The Hall–Kier alpha value is -1.18. The number of ether oxygens (including phenoxy) is 3. The van der Waals surface area contributed by atoms with Gasteiger partial charge in [0, 0.05) is 24.6 Å². The van der Waals surface area contributed by atoms with E-state index < -0.39 is 11.8 Å². The summed E-state index contributed by atoms with van der Waals surface area (Å²) in [4.78, 5) is 11.8. The molecule has 0 spiro atoms. The minimum Gasteiger partial charge on any atom is -0.462 e. The van der Waals surface area contributed by atoms with Crippen LogP contribution >= 0.6 is 15.9 Å². The van der Waals surface area contributed by atoms with Crippen LogP contribution < -0.4 is 5.73 Å². The van der Waals surface area contributed by atoms with Crippen LogP contribution in [0.2, 0.25) is 0 Å². The van der Waals surface area contributed by atoms with Crippen LogP contribution in [0.5, 0.6) is 0 Å². The van der Waals surface area contributed by atoms with Crippen molar-refractivity contribution in [2.24, 2.45) is 0 Å². The maximum atomic E-state index is 13.1. The molecule has 0 heterocycles. The quantitative estimate of drug-likeness (QED) is 0.443. The summed E-state index contributed by atoms with van der Waals surface area (Å²) in [6.07, 6.45) is 0.573. The number of benzene rings is 1. The first-order valence-corrected chi connectivity index (χ1v) is 6.84. The molecule has 0 fully saturated rings. The number of anilines is 1. The summed E-state index contributed by atoms with van der Waals surface area (Å²) in [7, 11) is 1.59. The zero-order valence-corrected chi connectivity index (χ0v) is 12.7. The fourth-order valence-corrected chi connectivity index (χ4v) is 1.85. The Labute approximate surface area is 125 Å². The van der Waals surface area contributed by atoms with Crippen LogP contribution in [-0.4, -0.2) is 39.5 Å². The third-order valence-corrected chi connectivity index (χ3v) is 3.06. The van der Waals surface area contributed by atoms with Gasteiger partial charge in [-0.05, 0) is 28.1 Å². The third kappa shape index (κ3) is 5.44. The van der Waals surface area contributed by atoms with E-state index in [1.807, 2.05) is 0 Å². The largest absolute Gasteiger partial charge is 0.462 e. The summed E-state index contributed by atoms with van der Waals surface area (Å²) in [6, 6.07) is 2.39. The number of hydrogen-bond donors (Lipinski definition) is 1. The molecule has 0 saturated carbocycles. The first-order valence-electron chi connectivity index (χ1n) is 6.04. The van der Waals surface area contributed by atoms with Crippen LogP contribution in [0.4, 0.5) is 10.1 Å². The molecule has 5 nitrogen and oxygen atoms in total. The van der Waals surface area contributed by atoms with Crippen molar-refractivity contribution in [3.8, 4) is 0 Å². The van der Waals surface area contributed by atoms with Gasteiger partial charge in [-0.2, -0.15) is 0 Å². The fourth-order valence-electron chi connectivity index (χ4n) is 1.37. The van der Waals surface area contributed by atoms with Crippen molar-refractivity contribution in [1.82, 2.24) is 0 Å². The van der Waals surface area contributed by atoms with Crippen LogP contribution in [0.1, 0.15) is 16.8 Å². The predicted octanol–water partition coefficient (Wildman–Crippen LogP) is 2.38. The molecular formula is C13H17BrFNO4. The lowest BCUT2D eigenvalue weighted by molar-refractivity contribution is 0.0385. The second-order valence-electron chi connectivity index (χ2n) is 3.95. The molecule has 1 rings (SSSR count). The highest BCUT2D eigenvalue weighted by molar-refractivity contribution is 9.10. The first kappa shape index (κ1) is 16.9. The minimum absolute atomic E-state index is 0.0944. The lowest BCUT2D eigenvalue weighted by atomic mass is 10.2. The van der Waals surface area contributed by atoms with Crippen molar-refractivity contribution in [2.75, 3.05) is 39.3 Å². The van der Waals surface area contributed by atoms with Crippen molar-refractivity contribution in [2.45, 2.75) is 6.42 Å². The third-order valence-electron chi connectivity index (χ3n) is 2.40. The Balaban J connectivity index is 2.34. The lowest BCUT2D eigenvalue weighted by Crippen LogP contribution is -2.11. The predicted molar refractivity (Wildman–Crippen MR) is 76.1 cm³/mol. The normalized spacial score (nSPS) is 10.6. The topological polar surface area (TPSA) is 70.8 Å². The van der Waals surface area contributed by atoms with Crippen LogP contribution in [-0.2, 0) is 14.2 Å². The molecule has 0 aliphatic heterocycles. The molecule has 0 atom stereocenters. The molecule has 0 aliphatic carbocycles. The number of nitrogen functional groups attached to an aromatic ring is 1. The maximum Gasteiger partial charge on any atom is 0.339 e. The summed E-state index contributed by atoms with van der Waals surface area (Å²) in [5.74, 6) is -1.14. The molecule has 0 aliphatic rings. The molecule has 0 aromatic heterocycles. The zero-order valence-electron chi connectivity index (χ0n) is 11.2. The highest BCUT2D eigenvalue weighted by Crippen LogP contribution is 2.23. The van der Waals surface area contributed by atoms with Crippen molar-refractivity contribution < 1.29 is 23.4 Å². The van der Waals surface area contributed by atoms with Crippen molar-refractivity contribution in [3.63, 3.8) is 0 Å². The molecule has 0 radical (unpaired) electrons. The number of methoxy groups -OCH3 is 1. The van der Waals surface area contributed by atoms with E-state index in [1.165, 1.54) is 6.07 Å². The number of carbonyl (C=O) groups is 1. The molecule has 112 valence electrons. The maximum absolute atomic E-state index is 13.1. The zero-order chi connectivity index (χ0) is 15.0. The lowest BCUT2D eigenvalue weighted by Gasteiger charge is -2.08. The Morgan fingerprint density at radius 1 is 1.30 bits per heavy atom. The van der Waals surface area contributed by atoms with Crippen molar-refractivity contribution in [3.05, 3.63) is 28.0 Å². The van der Waals surface area contributed by atoms with Gasteiger partial charge < -0.3 is 19.9 Å². The minimum atomic E-state index is -0.583. The molecule has 2 N–H and O–H groups in total. The second-order valence-corrected chi connectivity index (χ2v) is 4.80. The molecule has 0 unspecified atom stereocenters. The van der Waals surface area contributed by atoms with Crippen LogP contribution in [0.15, 0.2) is 16.6 Å². The van der Waals surface area contributed by atoms with E-state index in [1.54, 1.807) is 7.11 Å². The summed E-state index contributed by atoms with van der Waals surface area (Å²) < 4.78 is 28.6. The van der Waals surface area contributed by atoms with Gasteiger partial charge in [0.2, 0.25) is 0 Å². The first-order chi connectivity index (χ1) is 9.56. The molecule has 0 amide bonds. The van der Waals surface area contributed by atoms with Crippen LogP contribution in [0, 0.1) is 5.82 Å². The van der Waals surface area contributed by atoms with E-state index in [0.717, 1.165) is 6.07 Å². The average Bonchev–Trinajstić information content (AvgIpc) is 2.41. The number of esters is 1. The van der Waals surface area contributed by atoms with E-state index in [0.29, 0.717) is 30.7 Å². The fraction of sp³-hybridized carbons (Fsp3) is 0.462. The smallest absolute Gasteiger partial charge is 0.339 e. The average molecular weight is 350 g/mol. The van der Waals surface area contributed by atoms with Gasteiger partial charge in [0.1, 0.15) is 5.82 Å². The van der Waals surface area contributed by atoms with Gasteiger partial charge in [0.25, 0.3) is 0 Å². The van der Waals surface area contributed by atoms with Crippen LogP contribution in [0.3, 0.4) is 0 Å². The molecule has 1 aromatic carbocycles. The highest BCUT2D eigenvalue weighted by atomic mass is 79.9. The molecular weight excluding hydrogens is 333 g/mol. The SMILES string of the molecule is COCCOCCCOC(=O)c1cc(N)c(F)cc1Br. The van der Waals surface area contributed by atoms with Crippen molar-refractivity contribution in [1.29, 1.82) is 0 Å². The summed E-state index contributed by atoms with van der Waals surface area (Å²) in [5, 5.41) is 0. The van der Waals surface area contributed by atoms with Gasteiger partial charge in [-0.15, -0.1) is 0 Å². The van der Waals surface area contributed by atoms with Gasteiger partial charge in [0.15, 0.2) is 0 Å². The second kappa shape index (κ2) is 8.89. The summed E-state index contributed by atoms with van der Waals surface area (Å²) in [5.41, 5.74) is 5.52. The van der Waals surface area contributed by atoms with Gasteiger partial charge in [-0.25, -0.2) is 9.18 Å². The van der Waals surface area contributed by atoms with E-state index in [2.05, 4.69) is 15.9 Å². The van der Waals surface area contributed by atoms with E-state index >= 15 is 0 Å². The summed E-state index contributed by atoms with van der Waals surface area (Å²) >= 11 is 3.10. The molecule has 0 bridgehead atoms. The Morgan fingerprint density at radius 2 is 2.05 bits per heavy atom. The molecule has 7 heteroatoms. The number of carbonyl (C=O) groups excluding carboxylic acids is 1. The number of nitrogens with two attached hydrogens (primary N) is 1. The monoisotopic (exact) mass is 349 g/mol. The van der Waals surface area contributed by atoms with Gasteiger partial charge >= 0.3 is 5.97 Å². The van der Waals surface area contributed by atoms with E-state index in [-0.39, 0.29) is 17.9 Å². The summed E-state index contributed by atoms with van der Waals surface area (Å²) in [6.45, 7) is 1.73. The van der Waals surface area contributed by atoms with Crippen LogP contribution in [0.25, 0.3) is 0 Å². The van der Waals surface area contributed by atoms with Crippen molar-refractivity contribution >= 4 is 27.6 Å². The standard InChI is InChI=1S/C13H17BrFNO4/c1-18-5-6-19-3-2-4-20-13(17)9-7-12(16)11(15)8-10(9)14/h7-8H,2-6,16H2,1H3. The number of rotatable bonds is 8. The Morgan fingerprint density at radius 3 is 2.75 bits per heavy atom. The van der Waals surface area contributed by atoms with Gasteiger partial charge in [0.05, 0.1) is 31.1 Å². The molecule has 1 aromatic rings. The molecule has 0 saturated heterocycles.